The summed E-state index contributed by atoms with van der Waals surface area (Å²) < 4.78 is 11.2. The van der Waals surface area contributed by atoms with E-state index < -0.39 is 0 Å². The number of amides is 1. The van der Waals surface area contributed by atoms with E-state index in [9.17, 15) is 4.79 Å². The molecule has 1 N–H and O–H groups in total. The van der Waals surface area contributed by atoms with Crippen molar-refractivity contribution < 1.29 is 14.3 Å². The molecular weight excluding hydrogens is 230 g/mol. The fraction of sp³-hybridized carbons (Fsp3) is 0.786. The van der Waals surface area contributed by atoms with E-state index in [4.69, 9.17) is 9.47 Å². The number of nitrogens with one attached hydrogen (secondary N) is 1. The third kappa shape index (κ3) is 9.19. The average Bonchev–Trinajstić information content (AvgIpc) is 2.23. The number of hydrogen-bond acceptors (Lipinski definition) is 3. The summed E-state index contributed by atoms with van der Waals surface area (Å²) in [6.45, 7) is 15.0. The number of ether oxygens (including phenoxy) is 2. The fourth-order valence-electron chi connectivity index (χ4n) is 1.26. The second-order valence-corrected chi connectivity index (χ2v) is 5.31. The molecule has 0 heterocycles. The van der Waals surface area contributed by atoms with Gasteiger partial charge in [-0.2, -0.15) is 0 Å². The van der Waals surface area contributed by atoms with Crippen LogP contribution < -0.4 is 5.32 Å². The lowest BCUT2D eigenvalue weighted by Crippen LogP contribution is -2.33. The topological polar surface area (TPSA) is 47.6 Å². The summed E-state index contributed by atoms with van der Waals surface area (Å²) in [5.41, 5.74) is 0.280. The Morgan fingerprint density at radius 2 is 1.94 bits per heavy atom. The minimum absolute atomic E-state index is 0.125. The molecule has 0 fully saturated rings. The Morgan fingerprint density at radius 3 is 2.44 bits per heavy atom. The molecule has 0 spiro atoms. The van der Waals surface area contributed by atoms with Gasteiger partial charge in [0, 0.05) is 18.7 Å². The molecule has 0 rings (SSSR count). The highest BCUT2D eigenvalue weighted by atomic mass is 16.5. The molecule has 0 aliphatic heterocycles. The van der Waals surface area contributed by atoms with Crippen LogP contribution in [0.25, 0.3) is 0 Å². The van der Waals surface area contributed by atoms with Crippen molar-refractivity contribution in [3.63, 3.8) is 0 Å². The Balaban J connectivity index is 3.70. The van der Waals surface area contributed by atoms with Crippen molar-refractivity contribution in [2.75, 3.05) is 19.8 Å². The van der Waals surface area contributed by atoms with Crippen LogP contribution in [0.3, 0.4) is 0 Å². The largest absolute Gasteiger partial charge is 0.379 e. The average molecular weight is 257 g/mol. The standard InChI is InChI=1S/C14H27NO3/c1-11(2)13(16)15-8-10-18-14(5,6)7-9-17-12(3)4/h12H,1,7-10H2,2-6H3,(H,15,16). The predicted molar refractivity (Wildman–Crippen MR) is 73.6 cm³/mol. The zero-order chi connectivity index (χ0) is 14.2. The van der Waals surface area contributed by atoms with E-state index in [-0.39, 0.29) is 17.6 Å². The van der Waals surface area contributed by atoms with Gasteiger partial charge in [0.2, 0.25) is 5.91 Å². The second kappa shape index (κ2) is 8.27. The molecule has 0 aliphatic carbocycles. The fourth-order valence-corrected chi connectivity index (χ4v) is 1.26. The molecule has 0 aromatic rings. The minimum atomic E-state index is -0.233. The van der Waals surface area contributed by atoms with Gasteiger partial charge in [0.15, 0.2) is 0 Å². The Bertz CT molecular complexity index is 272. The van der Waals surface area contributed by atoms with Gasteiger partial charge in [-0.15, -0.1) is 0 Å². The van der Waals surface area contributed by atoms with E-state index in [0.717, 1.165) is 6.42 Å². The van der Waals surface area contributed by atoms with Gasteiger partial charge in [0.05, 0.1) is 18.3 Å². The van der Waals surface area contributed by atoms with Crippen molar-refractivity contribution in [2.45, 2.75) is 52.7 Å². The molecule has 0 aliphatic rings. The summed E-state index contributed by atoms with van der Waals surface area (Å²) in [5, 5.41) is 2.73. The first kappa shape index (κ1) is 17.1. The van der Waals surface area contributed by atoms with Crippen molar-refractivity contribution in [1.82, 2.24) is 5.32 Å². The Morgan fingerprint density at radius 1 is 1.33 bits per heavy atom. The van der Waals surface area contributed by atoms with Crippen molar-refractivity contribution in [2.24, 2.45) is 0 Å². The molecule has 0 radical (unpaired) electrons. The maximum absolute atomic E-state index is 11.2. The maximum atomic E-state index is 11.2. The normalized spacial score (nSPS) is 11.7. The van der Waals surface area contributed by atoms with Crippen molar-refractivity contribution in [1.29, 1.82) is 0 Å². The summed E-state index contributed by atoms with van der Waals surface area (Å²) in [7, 11) is 0. The van der Waals surface area contributed by atoms with Gasteiger partial charge in [-0.3, -0.25) is 4.79 Å². The second-order valence-electron chi connectivity index (χ2n) is 5.31. The minimum Gasteiger partial charge on any atom is -0.379 e. The van der Waals surface area contributed by atoms with Crippen LogP contribution >= 0.6 is 0 Å². The molecule has 4 heteroatoms. The number of carbonyl (C=O) groups is 1. The Hall–Kier alpha value is -0.870. The van der Waals surface area contributed by atoms with E-state index in [1.807, 2.05) is 27.7 Å². The van der Waals surface area contributed by atoms with E-state index >= 15 is 0 Å². The molecule has 0 aromatic carbocycles. The summed E-state index contributed by atoms with van der Waals surface area (Å²) in [6.07, 6.45) is 1.08. The van der Waals surface area contributed by atoms with Crippen LogP contribution in [-0.2, 0) is 14.3 Å². The highest BCUT2D eigenvalue weighted by molar-refractivity contribution is 5.91. The smallest absolute Gasteiger partial charge is 0.246 e. The molecule has 18 heavy (non-hydrogen) atoms. The number of carbonyl (C=O) groups excluding carboxylic acids is 1. The van der Waals surface area contributed by atoms with Gasteiger partial charge in [-0.1, -0.05) is 6.58 Å². The molecule has 0 saturated carbocycles. The van der Waals surface area contributed by atoms with E-state index in [0.29, 0.717) is 25.3 Å². The molecule has 0 unspecified atom stereocenters. The van der Waals surface area contributed by atoms with Crippen LogP contribution in [0, 0.1) is 0 Å². The van der Waals surface area contributed by atoms with Crippen LogP contribution in [-0.4, -0.2) is 37.4 Å². The first-order valence-electron chi connectivity index (χ1n) is 6.44. The lowest BCUT2D eigenvalue weighted by molar-refractivity contribution is -0.118. The lowest BCUT2D eigenvalue weighted by Gasteiger charge is -2.25. The monoisotopic (exact) mass is 257 g/mol. The number of hydrogen-bond donors (Lipinski definition) is 1. The molecule has 0 aromatic heterocycles. The van der Waals surface area contributed by atoms with Gasteiger partial charge in [-0.25, -0.2) is 0 Å². The number of rotatable bonds is 9. The first-order valence-corrected chi connectivity index (χ1v) is 6.44. The Kier molecular flexibility index (Phi) is 7.87. The summed E-state index contributed by atoms with van der Waals surface area (Å²) in [4.78, 5) is 11.2. The molecule has 0 saturated heterocycles. The van der Waals surface area contributed by atoms with Crippen molar-refractivity contribution >= 4 is 5.91 Å². The van der Waals surface area contributed by atoms with Crippen LogP contribution in [0.5, 0.6) is 0 Å². The highest BCUT2D eigenvalue weighted by Crippen LogP contribution is 2.14. The van der Waals surface area contributed by atoms with Crippen LogP contribution in [0.1, 0.15) is 41.0 Å². The van der Waals surface area contributed by atoms with Gasteiger partial charge < -0.3 is 14.8 Å². The lowest BCUT2D eigenvalue weighted by atomic mass is 10.1. The molecule has 1 amide bonds. The molecule has 0 bridgehead atoms. The molecule has 106 valence electrons. The first-order chi connectivity index (χ1) is 8.24. The highest BCUT2D eigenvalue weighted by Gasteiger charge is 2.18. The summed E-state index contributed by atoms with van der Waals surface area (Å²) in [6, 6.07) is 0. The van der Waals surface area contributed by atoms with Crippen molar-refractivity contribution in [3.05, 3.63) is 12.2 Å². The van der Waals surface area contributed by atoms with E-state index in [1.165, 1.54) is 0 Å². The predicted octanol–water partition coefficient (Wildman–Crippen LogP) is 2.29. The quantitative estimate of drug-likeness (QED) is 0.509. The molecule has 4 nitrogen and oxygen atoms in total. The summed E-state index contributed by atoms with van der Waals surface area (Å²) in [5.74, 6) is -0.125. The third-order valence-electron chi connectivity index (χ3n) is 2.42. The van der Waals surface area contributed by atoms with E-state index in [2.05, 4.69) is 11.9 Å². The van der Waals surface area contributed by atoms with Gasteiger partial charge in [0.1, 0.15) is 0 Å². The van der Waals surface area contributed by atoms with Crippen LogP contribution in [0.4, 0.5) is 0 Å². The van der Waals surface area contributed by atoms with Gasteiger partial charge >= 0.3 is 0 Å². The van der Waals surface area contributed by atoms with Gasteiger partial charge in [-0.05, 0) is 41.0 Å². The Labute approximate surface area is 111 Å². The zero-order valence-electron chi connectivity index (χ0n) is 12.3. The van der Waals surface area contributed by atoms with E-state index in [1.54, 1.807) is 6.92 Å². The van der Waals surface area contributed by atoms with Gasteiger partial charge in [0.25, 0.3) is 0 Å². The SMILES string of the molecule is C=C(C)C(=O)NCCOC(C)(C)CCOC(C)C. The maximum Gasteiger partial charge on any atom is 0.246 e. The molecular formula is C14H27NO3. The van der Waals surface area contributed by atoms with Crippen LogP contribution in [0.15, 0.2) is 12.2 Å². The van der Waals surface area contributed by atoms with Crippen LogP contribution in [0.2, 0.25) is 0 Å². The molecule has 0 atom stereocenters. The zero-order valence-corrected chi connectivity index (χ0v) is 12.3. The van der Waals surface area contributed by atoms with Crippen molar-refractivity contribution in [3.8, 4) is 0 Å². The third-order valence-corrected chi connectivity index (χ3v) is 2.42. The summed E-state index contributed by atoms with van der Waals surface area (Å²) >= 11 is 0.